The number of aromatic nitrogens is 4. The van der Waals surface area contributed by atoms with Crippen LogP contribution in [0.1, 0.15) is 19.4 Å². The summed E-state index contributed by atoms with van der Waals surface area (Å²) < 4.78 is 96.3. The van der Waals surface area contributed by atoms with E-state index in [0.717, 1.165) is 27.9 Å². The number of aryl methyl sites for hydroxylation is 1. The van der Waals surface area contributed by atoms with Crippen LogP contribution in [0.2, 0.25) is 0 Å². The van der Waals surface area contributed by atoms with Gasteiger partial charge in [0.15, 0.2) is 0 Å². The average molecular weight is 962 g/mol. The molecule has 0 aliphatic rings. The zero-order valence-corrected chi connectivity index (χ0v) is 34.1. The van der Waals surface area contributed by atoms with Gasteiger partial charge in [-0.15, -0.1) is 35.9 Å². The summed E-state index contributed by atoms with van der Waals surface area (Å²) in [7, 11) is 0. The van der Waals surface area contributed by atoms with Crippen molar-refractivity contribution in [2.45, 2.75) is 6.92 Å². The summed E-state index contributed by atoms with van der Waals surface area (Å²) in [5, 5.41) is 9.00. The van der Waals surface area contributed by atoms with E-state index >= 15 is 0 Å². The predicted molar refractivity (Wildman–Crippen MR) is 235 cm³/mol. The van der Waals surface area contributed by atoms with E-state index in [-0.39, 0.29) is 49.0 Å². The van der Waals surface area contributed by atoms with Crippen LogP contribution >= 0.6 is 0 Å². The van der Waals surface area contributed by atoms with Gasteiger partial charge in [-0.25, -0.2) is 5.10 Å². The Morgan fingerprint density at radius 3 is 1.87 bits per heavy atom. The van der Waals surface area contributed by atoms with E-state index in [4.69, 9.17) is 18.4 Å². The molecule has 0 aliphatic heterocycles. The van der Waals surface area contributed by atoms with Crippen LogP contribution in [0.4, 0.5) is 0 Å². The van der Waals surface area contributed by atoms with Gasteiger partial charge in [0.25, 0.3) is 6.33 Å². The third-order valence-electron chi connectivity index (χ3n) is 9.90. The maximum Gasteiger partial charge on any atom is 0.268 e. The third kappa shape index (κ3) is 7.59. The summed E-state index contributed by atoms with van der Waals surface area (Å²) in [5.41, 5.74) is 8.00. The van der Waals surface area contributed by atoms with Crippen molar-refractivity contribution in [3.8, 4) is 78.6 Å². The molecule has 10 aromatic rings. The van der Waals surface area contributed by atoms with Gasteiger partial charge < -0.3 is 9.30 Å². The van der Waals surface area contributed by atoms with Gasteiger partial charge in [-0.2, -0.15) is 17.2 Å². The molecule has 0 fully saturated rings. The van der Waals surface area contributed by atoms with Crippen molar-refractivity contribution < 1.29 is 44.1 Å². The Balaban J connectivity index is 0.00000608. The molecule has 0 N–H and O–H groups in total. The number of imidazole rings is 1. The Labute approximate surface area is 378 Å². The van der Waals surface area contributed by atoms with Crippen LogP contribution in [0.5, 0.6) is 11.5 Å². The first-order valence-corrected chi connectivity index (χ1v) is 18.8. The van der Waals surface area contributed by atoms with Gasteiger partial charge in [-0.1, -0.05) is 170 Å². The number of fused-ring (bicyclic) bond motifs is 1. The van der Waals surface area contributed by atoms with Crippen LogP contribution < -0.4 is 9.30 Å². The molecule has 0 amide bonds. The standard InChI is InChI=1S/C54H36N4O.Pt/c1-38-50(43-32-30-40(31-33-43)39-16-5-2-6-17-39)36-51(56-55-38)44-22-13-24-46(34-44)59-47-25-14-23-45(35-47)57-37-58(53-29-12-11-28-52(53)57)54-48(41-18-7-3-8-19-41)26-15-27-49(54)42-20-9-4-10-21-42;/h2-33,36H,1H3;/q-2;/i3D,4D,7D,8D,9D,10D,18D,19D,20D,21D;. The van der Waals surface area contributed by atoms with Gasteiger partial charge >= 0.3 is 0 Å². The minimum atomic E-state index is -0.575. The van der Waals surface area contributed by atoms with Gasteiger partial charge in [-0.05, 0) is 57.1 Å². The van der Waals surface area contributed by atoms with E-state index in [1.165, 1.54) is 0 Å². The average Bonchev–Trinajstić information content (AvgIpc) is 3.76. The Morgan fingerprint density at radius 1 is 0.550 bits per heavy atom. The fourth-order valence-electron chi connectivity index (χ4n) is 7.11. The maximum absolute atomic E-state index is 8.97. The summed E-state index contributed by atoms with van der Waals surface area (Å²) in [6.07, 6.45) is 3.38. The minimum absolute atomic E-state index is 0. The van der Waals surface area contributed by atoms with E-state index < -0.39 is 60.4 Å². The van der Waals surface area contributed by atoms with Gasteiger partial charge in [-0.3, -0.25) is 4.57 Å². The Morgan fingerprint density at radius 2 is 1.15 bits per heavy atom. The summed E-state index contributed by atoms with van der Waals surface area (Å²) >= 11 is 0. The molecular formula is C54H36N4OPt-2. The molecule has 5 nitrogen and oxygen atoms in total. The van der Waals surface area contributed by atoms with Crippen molar-refractivity contribution >= 4 is 11.0 Å². The van der Waals surface area contributed by atoms with Crippen LogP contribution in [0, 0.1) is 25.4 Å². The number of hydrogen-bond acceptors (Lipinski definition) is 3. The number of rotatable bonds is 9. The topological polar surface area (TPSA) is 43.8 Å². The zero-order chi connectivity index (χ0) is 48.2. The van der Waals surface area contributed by atoms with Gasteiger partial charge in [0.1, 0.15) is 0 Å². The smallest absolute Gasteiger partial charge is 0.268 e. The van der Waals surface area contributed by atoms with E-state index in [0.29, 0.717) is 39.5 Å². The summed E-state index contributed by atoms with van der Waals surface area (Å²) in [5.74, 6) is 0.733. The van der Waals surface area contributed by atoms with E-state index in [1.54, 1.807) is 63.7 Å². The van der Waals surface area contributed by atoms with Crippen molar-refractivity contribution in [1.82, 2.24) is 14.8 Å². The van der Waals surface area contributed by atoms with E-state index in [9.17, 15) is 0 Å². The second-order valence-corrected chi connectivity index (χ2v) is 13.6. The Bertz CT molecular complexity index is 3540. The normalized spacial score (nSPS) is 13.3. The van der Waals surface area contributed by atoms with Crippen LogP contribution in [0.15, 0.2) is 200 Å². The summed E-state index contributed by atoms with van der Waals surface area (Å²) in [6.45, 7) is 1.93. The minimum Gasteiger partial charge on any atom is -0.503 e. The van der Waals surface area contributed by atoms with Crippen molar-refractivity contribution in [2.24, 2.45) is 0 Å². The predicted octanol–water partition coefficient (Wildman–Crippen LogP) is 12.5. The largest absolute Gasteiger partial charge is 0.503 e. The molecule has 0 radical (unpaired) electrons. The quantitative estimate of drug-likeness (QED) is 0.107. The first kappa shape index (κ1) is 28.3. The maximum atomic E-state index is 8.97. The molecule has 8 aromatic carbocycles. The number of ether oxygens (including phenoxy) is 1. The SMILES string of the molecule is [2H]c1c([2H])c([2H])c(-c2cccc(-c3c([2H])c([2H])c([2H])c([2H])c3[2H])c2-[n+]2[c-]n(-c3[c-]c(Oc4[c-]c(-c5cc(-c6ccc(-c7ccccc7)cc6)c(C)nn5)ccc4)ccc3)c3ccccc32)c([2H])c1[2H].[Pt]. The van der Waals surface area contributed by atoms with Crippen molar-refractivity contribution in [1.29, 1.82) is 0 Å². The van der Waals surface area contributed by atoms with Gasteiger partial charge in [0.2, 0.25) is 0 Å². The number of hydrogen-bond donors (Lipinski definition) is 0. The Kier molecular flexibility index (Phi) is 7.98. The molecule has 2 aromatic heterocycles. The van der Waals surface area contributed by atoms with Crippen molar-refractivity contribution in [3.63, 3.8) is 0 Å². The first-order valence-electron chi connectivity index (χ1n) is 23.8. The molecular weight excluding hydrogens is 916 g/mol. The van der Waals surface area contributed by atoms with Crippen molar-refractivity contribution in [3.05, 3.63) is 224 Å². The van der Waals surface area contributed by atoms with Gasteiger partial charge in [0, 0.05) is 38.3 Å². The third-order valence-corrected chi connectivity index (χ3v) is 9.90. The zero-order valence-electron chi connectivity index (χ0n) is 41.8. The molecule has 0 atom stereocenters. The second kappa shape index (κ2) is 17.0. The molecule has 0 bridgehead atoms. The molecule has 0 aliphatic carbocycles. The molecule has 10 rings (SSSR count). The molecule has 0 saturated carbocycles. The fourth-order valence-corrected chi connectivity index (χ4v) is 7.11. The molecule has 0 spiro atoms. The van der Waals surface area contributed by atoms with Gasteiger partial charge in [0.05, 0.1) is 36.1 Å². The fraction of sp³-hybridized carbons (Fsp3) is 0.0185. The molecule has 0 saturated heterocycles. The van der Waals surface area contributed by atoms with E-state index in [1.807, 2.05) is 55.5 Å². The summed E-state index contributed by atoms with van der Waals surface area (Å²) in [6, 6.07) is 44.7. The Hall–Kier alpha value is -7.20. The molecule has 0 unspecified atom stereocenters. The molecule has 290 valence electrons. The first-order chi connectivity index (χ1) is 33.3. The van der Waals surface area contributed by atoms with Crippen LogP contribution in [-0.4, -0.2) is 14.8 Å². The number of benzene rings is 8. The molecule has 2 heterocycles. The van der Waals surface area contributed by atoms with E-state index in [2.05, 4.69) is 65.1 Å². The van der Waals surface area contributed by atoms with Crippen LogP contribution in [0.3, 0.4) is 0 Å². The van der Waals surface area contributed by atoms with Crippen LogP contribution in [0.25, 0.3) is 78.2 Å². The molecule has 60 heavy (non-hydrogen) atoms. The number of nitrogens with zero attached hydrogens (tertiary/aromatic N) is 4. The monoisotopic (exact) mass is 961 g/mol. The second-order valence-electron chi connectivity index (χ2n) is 13.6. The number of para-hydroxylation sites is 3. The van der Waals surface area contributed by atoms with Crippen LogP contribution in [-0.2, 0) is 21.1 Å². The van der Waals surface area contributed by atoms with Crippen molar-refractivity contribution in [2.75, 3.05) is 0 Å². The molecule has 6 heteroatoms. The summed E-state index contributed by atoms with van der Waals surface area (Å²) in [4.78, 5) is 0.